The van der Waals surface area contributed by atoms with Gasteiger partial charge in [-0.2, -0.15) is 0 Å². The Morgan fingerprint density at radius 1 is 1.16 bits per heavy atom. The summed E-state index contributed by atoms with van der Waals surface area (Å²) in [5.41, 5.74) is 1.20. The number of nitrogens with one attached hydrogen (secondary N) is 1. The van der Waals surface area contributed by atoms with Gasteiger partial charge in [0.1, 0.15) is 0 Å². The lowest BCUT2D eigenvalue weighted by Crippen LogP contribution is -2.30. The summed E-state index contributed by atoms with van der Waals surface area (Å²) in [6.45, 7) is 3.85. The van der Waals surface area contributed by atoms with E-state index in [-0.39, 0.29) is 17.0 Å². The molecule has 1 saturated carbocycles. The van der Waals surface area contributed by atoms with Crippen molar-refractivity contribution >= 4 is 17.5 Å². The van der Waals surface area contributed by atoms with E-state index in [0.29, 0.717) is 23.8 Å². The highest BCUT2D eigenvalue weighted by molar-refractivity contribution is 6.30. The van der Waals surface area contributed by atoms with E-state index in [1.165, 1.54) is 0 Å². The number of amides is 1. The molecule has 0 saturated heterocycles. The first-order valence-electron chi connectivity index (χ1n) is 9.95. The van der Waals surface area contributed by atoms with E-state index in [4.69, 9.17) is 16.3 Å². The number of nitrogens with zero attached hydrogens (tertiary/aromatic N) is 3. The first kappa shape index (κ1) is 19.9. The van der Waals surface area contributed by atoms with E-state index in [2.05, 4.69) is 15.5 Å². The molecule has 1 aliphatic carbocycles. The van der Waals surface area contributed by atoms with Gasteiger partial charge in [-0.05, 0) is 56.5 Å². The van der Waals surface area contributed by atoms with Crippen molar-refractivity contribution in [3.05, 3.63) is 63.9 Å². The molecule has 31 heavy (non-hydrogen) atoms. The number of hydrogen-bond acceptors (Lipinski definition) is 4. The van der Waals surface area contributed by atoms with Crippen molar-refractivity contribution in [2.75, 3.05) is 0 Å². The highest BCUT2D eigenvalue weighted by Gasteiger charge is 2.38. The number of carbonyl (C=O) groups excluding carboxylic acids is 1. The molecule has 2 heterocycles. The van der Waals surface area contributed by atoms with Crippen molar-refractivity contribution in [2.45, 2.75) is 44.9 Å². The highest BCUT2D eigenvalue weighted by atomic mass is 35.5. The minimum Gasteiger partial charge on any atom is -0.474 e. The third kappa shape index (κ3) is 3.44. The van der Waals surface area contributed by atoms with Crippen LogP contribution in [0.15, 0.2) is 30.3 Å². The molecule has 160 valence electrons. The third-order valence-corrected chi connectivity index (χ3v) is 5.73. The van der Waals surface area contributed by atoms with E-state index >= 15 is 0 Å². The van der Waals surface area contributed by atoms with Crippen LogP contribution in [-0.4, -0.2) is 20.7 Å². The lowest BCUT2D eigenvalue weighted by Gasteiger charge is -2.27. The summed E-state index contributed by atoms with van der Waals surface area (Å²) in [4.78, 5) is 11.9. The van der Waals surface area contributed by atoms with Crippen molar-refractivity contribution in [3.8, 4) is 17.1 Å². The van der Waals surface area contributed by atoms with Gasteiger partial charge in [-0.15, -0.1) is 10.2 Å². The zero-order valence-electron chi connectivity index (χ0n) is 16.9. The average molecular weight is 445 g/mol. The van der Waals surface area contributed by atoms with Gasteiger partial charge in [0.2, 0.25) is 0 Å². The van der Waals surface area contributed by atoms with Crippen LogP contribution in [0.2, 0.25) is 5.02 Å². The summed E-state index contributed by atoms with van der Waals surface area (Å²) in [6.07, 6.45) is 1.89. The molecule has 6 nitrogen and oxygen atoms in total. The molecule has 1 N–H and O–H groups in total. The molecule has 9 heteroatoms. The summed E-state index contributed by atoms with van der Waals surface area (Å²) >= 11 is 5.72. The van der Waals surface area contributed by atoms with Crippen molar-refractivity contribution in [3.63, 3.8) is 0 Å². The number of ether oxygens (including phenoxy) is 1. The molecule has 0 spiro atoms. The lowest BCUT2D eigenvalue weighted by molar-refractivity contribution is 0.0825. The van der Waals surface area contributed by atoms with Crippen LogP contribution < -0.4 is 10.1 Å². The van der Waals surface area contributed by atoms with Crippen LogP contribution in [0, 0.1) is 11.6 Å². The molecule has 2 aliphatic rings. The van der Waals surface area contributed by atoms with Crippen LogP contribution >= 0.6 is 11.6 Å². The maximum absolute atomic E-state index is 14.3. The van der Waals surface area contributed by atoms with Crippen molar-refractivity contribution in [1.82, 2.24) is 20.1 Å². The molecule has 0 bridgehead atoms. The Morgan fingerprint density at radius 3 is 2.55 bits per heavy atom. The quantitative estimate of drug-likeness (QED) is 0.615. The van der Waals surface area contributed by atoms with E-state index in [1.807, 2.05) is 16.7 Å². The highest BCUT2D eigenvalue weighted by Crippen LogP contribution is 2.42. The van der Waals surface area contributed by atoms with Crippen LogP contribution in [0.3, 0.4) is 0 Å². The number of carbonyl (C=O) groups is 1. The summed E-state index contributed by atoms with van der Waals surface area (Å²) in [5, 5.41) is 11.5. The molecule has 0 radical (unpaired) electrons. The number of hydrogen-bond donors (Lipinski definition) is 1. The van der Waals surface area contributed by atoms with E-state index < -0.39 is 23.0 Å². The molecule has 2 aromatic carbocycles. The maximum atomic E-state index is 14.3. The van der Waals surface area contributed by atoms with Gasteiger partial charge in [-0.25, -0.2) is 8.78 Å². The fraction of sp³-hybridized carbons (Fsp3) is 0.318. The van der Waals surface area contributed by atoms with Gasteiger partial charge in [0.25, 0.3) is 5.91 Å². The molecule has 1 aromatic heterocycles. The van der Waals surface area contributed by atoms with E-state index in [9.17, 15) is 13.6 Å². The van der Waals surface area contributed by atoms with Gasteiger partial charge in [0.05, 0.1) is 0 Å². The largest absolute Gasteiger partial charge is 0.474 e. The van der Waals surface area contributed by atoms with Gasteiger partial charge >= 0.3 is 0 Å². The SMILES string of the molecule is CC(C)(Oc1c(F)cc(Cl)cc1F)c1nnc(-c2ccc3c(c2)CNC3=O)n1C1CC1. The average Bonchev–Trinajstić information content (AvgIpc) is 3.34. The predicted octanol–water partition coefficient (Wildman–Crippen LogP) is 4.77. The van der Waals surface area contributed by atoms with Crippen molar-refractivity contribution in [1.29, 1.82) is 0 Å². The molecular formula is C22H19ClF2N4O2. The normalized spacial score (nSPS) is 15.7. The Labute approximate surface area is 182 Å². The van der Waals surface area contributed by atoms with Crippen molar-refractivity contribution < 1.29 is 18.3 Å². The topological polar surface area (TPSA) is 69.0 Å². The monoisotopic (exact) mass is 444 g/mol. The summed E-state index contributed by atoms with van der Waals surface area (Å²) in [5.74, 6) is -1.27. The molecule has 5 rings (SSSR count). The molecule has 0 atom stereocenters. The van der Waals surface area contributed by atoms with Crippen LogP contribution in [0.4, 0.5) is 8.78 Å². The van der Waals surface area contributed by atoms with Crippen LogP contribution in [0.1, 0.15) is 54.5 Å². The first-order valence-corrected chi connectivity index (χ1v) is 10.3. The molecule has 1 aliphatic heterocycles. The second-order valence-corrected chi connectivity index (χ2v) is 8.75. The molecule has 3 aromatic rings. The Kier molecular flexibility index (Phi) is 4.51. The second-order valence-electron chi connectivity index (χ2n) is 8.31. The molecule has 1 amide bonds. The Morgan fingerprint density at radius 2 is 1.87 bits per heavy atom. The minimum absolute atomic E-state index is 0.0480. The predicted molar refractivity (Wildman–Crippen MR) is 110 cm³/mol. The van der Waals surface area contributed by atoms with Gasteiger partial charge in [-0.3, -0.25) is 4.79 Å². The smallest absolute Gasteiger partial charge is 0.251 e. The fourth-order valence-electron chi connectivity index (χ4n) is 3.88. The number of fused-ring (bicyclic) bond motifs is 1. The maximum Gasteiger partial charge on any atom is 0.251 e. The van der Waals surface area contributed by atoms with Crippen LogP contribution in [-0.2, 0) is 12.1 Å². The lowest BCUT2D eigenvalue weighted by atomic mass is 10.0. The standard InChI is InChI=1S/C22H19ClF2N4O2/c1-22(2,31-18-16(24)8-13(23)9-17(18)25)21-28-27-19(29(21)14-4-5-14)11-3-6-15-12(7-11)10-26-20(15)30/h3,6-9,14H,4-5,10H2,1-2H3,(H,26,30). The molecule has 1 fully saturated rings. The van der Waals surface area contributed by atoms with Gasteiger partial charge in [0.15, 0.2) is 34.6 Å². The number of halogens is 3. The summed E-state index contributed by atoms with van der Waals surface area (Å²) in [6, 6.07) is 7.73. The number of aromatic nitrogens is 3. The van der Waals surface area contributed by atoms with Crippen LogP contribution in [0.5, 0.6) is 5.75 Å². The first-order chi connectivity index (χ1) is 14.7. The summed E-state index contributed by atoms with van der Waals surface area (Å²) in [7, 11) is 0. The van der Waals surface area contributed by atoms with E-state index in [0.717, 1.165) is 36.1 Å². The number of benzene rings is 2. The minimum atomic E-state index is -1.17. The van der Waals surface area contributed by atoms with Gasteiger partial charge in [-0.1, -0.05) is 17.7 Å². The van der Waals surface area contributed by atoms with E-state index in [1.54, 1.807) is 19.9 Å². The Bertz CT molecular complexity index is 1200. The molecular weight excluding hydrogens is 426 g/mol. The summed E-state index contributed by atoms with van der Waals surface area (Å²) < 4.78 is 36.4. The van der Waals surface area contributed by atoms with Gasteiger partial charge < -0.3 is 14.6 Å². The Hall–Kier alpha value is -3.00. The van der Waals surface area contributed by atoms with Crippen molar-refractivity contribution in [2.24, 2.45) is 0 Å². The molecule has 0 unspecified atom stereocenters. The third-order valence-electron chi connectivity index (χ3n) is 5.51. The van der Waals surface area contributed by atoms with Crippen LogP contribution in [0.25, 0.3) is 11.4 Å². The Balaban J connectivity index is 1.55. The fourth-order valence-corrected chi connectivity index (χ4v) is 4.07. The zero-order valence-corrected chi connectivity index (χ0v) is 17.6. The second kappa shape index (κ2) is 7.02. The number of rotatable bonds is 5. The van der Waals surface area contributed by atoms with Gasteiger partial charge in [0, 0.05) is 28.7 Å². The zero-order chi connectivity index (χ0) is 21.9.